The predicted octanol–water partition coefficient (Wildman–Crippen LogP) is 1.05. The topological polar surface area (TPSA) is 40.0 Å². The molecule has 0 radical (unpaired) electrons. The summed E-state index contributed by atoms with van der Waals surface area (Å²) in [5.74, 6) is 0.927. The molecule has 1 fully saturated rings. The van der Waals surface area contributed by atoms with Gasteiger partial charge in [0.15, 0.2) is 0 Å². The van der Waals surface area contributed by atoms with Crippen molar-refractivity contribution in [1.82, 2.24) is 10.2 Å². The highest BCUT2D eigenvalue weighted by Gasteiger charge is 2.10. The van der Waals surface area contributed by atoms with Gasteiger partial charge in [0, 0.05) is 26.2 Å². The number of piperazine rings is 1. The van der Waals surface area contributed by atoms with Crippen molar-refractivity contribution in [1.29, 1.82) is 0 Å². The van der Waals surface area contributed by atoms with E-state index in [9.17, 15) is 0 Å². The molecule has 0 aromatic rings. The van der Waals surface area contributed by atoms with Gasteiger partial charge in [-0.2, -0.15) is 0 Å². The van der Waals surface area contributed by atoms with Crippen LogP contribution in [0.15, 0.2) is 21.3 Å². The van der Waals surface area contributed by atoms with Crippen LogP contribution in [-0.4, -0.2) is 43.6 Å². The SMILES string of the molecule is C=N/C=C(/Cl)N=C(C)N1CCNCC1. The van der Waals surface area contributed by atoms with Gasteiger partial charge in [0.25, 0.3) is 0 Å². The van der Waals surface area contributed by atoms with Gasteiger partial charge in [-0.15, -0.1) is 0 Å². The molecule has 0 spiro atoms. The van der Waals surface area contributed by atoms with Crippen LogP contribution in [0.25, 0.3) is 0 Å². The van der Waals surface area contributed by atoms with E-state index in [1.165, 1.54) is 6.20 Å². The smallest absolute Gasteiger partial charge is 0.149 e. The van der Waals surface area contributed by atoms with E-state index >= 15 is 0 Å². The van der Waals surface area contributed by atoms with Gasteiger partial charge in [0.05, 0.1) is 6.20 Å². The minimum Gasteiger partial charge on any atom is -0.358 e. The van der Waals surface area contributed by atoms with Crippen molar-refractivity contribution in [2.75, 3.05) is 26.2 Å². The van der Waals surface area contributed by atoms with Crippen LogP contribution in [0.1, 0.15) is 6.92 Å². The number of rotatable bonds is 2. The molecular formula is C9H15ClN4. The second kappa shape index (κ2) is 5.78. The molecule has 1 heterocycles. The lowest BCUT2D eigenvalue weighted by Crippen LogP contribution is -2.45. The maximum Gasteiger partial charge on any atom is 0.149 e. The van der Waals surface area contributed by atoms with Crippen LogP contribution in [0.3, 0.4) is 0 Å². The largest absolute Gasteiger partial charge is 0.358 e. The second-order valence-corrected chi connectivity index (χ2v) is 3.42. The number of hydrogen-bond acceptors (Lipinski definition) is 3. The lowest BCUT2D eigenvalue weighted by Gasteiger charge is -2.28. The third-order valence-electron chi connectivity index (χ3n) is 2.04. The Hall–Kier alpha value is -0.870. The third-order valence-corrected chi connectivity index (χ3v) is 2.22. The zero-order valence-corrected chi connectivity index (χ0v) is 9.09. The lowest BCUT2D eigenvalue weighted by molar-refractivity contribution is 0.355. The van der Waals surface area contributed by atoms with Gasteiger partial charge in [-0.25, -0.2) is 4.99 Å². The first-order valence-electron chi connectivity index (χ1n) is 4.56. The molecule has 0 aromatic heterocycles. The summed E-state index contributed by atoms with van der Waals surface area (Å²) < 4.78 is 0. The molecule has 0 atom stereocenters. The number of nitrogens with one attached hydrogen (secondary N) is 1. The molecule has 78 valence electrons. The van der Waals surface area contributed by atoms with Crippen LogP contribution >= 0.6 is 11.6 Å². The van der Waals surface area contributed by atoms with Crippen molar-refractivity contribution in [3.63, 3.8) is 0 Å². The minimum atomic E-state index is 0.371. The van der Waals surface area contributed by atoms with Gasteiger partial charge < -0.3 is 10.2 Å². The fourth-order valence-electron chi connectivity index (χ4n) is 1.32. The van der Waals surface area contributed by atoms with E-state index in [1.54, 1.807) is 0 Å². The summed E-state index contributed by atoms with van der Waals surface area (Å²) in [6.07, 6.45) is 1.44. The zero-order valence-electron chi connectivity index (χ0n) is 8.33. The first kappa shape index (κ1) is 11.2. The summed E-state index contributed by atoms with van der Waals surface area (Å²) in [7, 11) is 0. The van der Waals surface area contributed by atoms with Gasteiger partial charge in [-0.05, 0) is 13.6 Å². The van der Waals surface area contributed by atoms with Crippen molar-refractivity contribution >= 4 is 24.2 Å². The van der Waals surface area contributed by atoms with E-state index < -0.39 is 0 Å². The minimum absolute atomic E-state index is 0.371. The van der Waals surface area contributed by atoms with Crippen LogP contribution in [-0.2, 0) is 0 Å². The second-order valence-electron chi connectivity index (χ2n) is 3.03. The highest BCUT2D eigenvalue weighted by molar-refractivity contribution is 6.30. The maximum absolute atomic E-state index is 5.79. The number of nitrogens with zero attached hydrogens (tertiary/aromatic N) is 3. The van der Waals surface area contributed by atoms with Crippen molar-refractivity contribution in [3.8, 4) is 0 Å². The highest BCUT2D eigenvalue weighted by atomic mass is 35.5. The molecule has 0 bridgehead atoms. The summed E-state index contributed by atoms with van der Waals surface area (Å²) in [4.78, 5) is 9.94. The Kier molecular flexibility index (Phi) is 4.62. The summed E-state index contributed by atoms with van der Waals surface area (Å²) >= 11 is 5.79. The van der Waals surface area contributed by atoms with Crippen molar-refractivity contribution in [2.24, 2.45) is 9.98 Å². The van der Waals surface area contributed by atoms with Gasteiger partial charge in [-0.3, -0.25) is 4.99 Å². The van der Waals surface area contributed by atoms with Gasteiger partial charge in [-0.1, -0.05) is 11.6 Å². The molecule has 1 N–H and O–H groups in total. The van der Waals surface area contributed by atoms with E-state index in [0.717, 1.165) is 32.0 Å². The van der Waals surface area contributed by atoms with Crippen LogP contribution in [0, 0.1) is 0 Å². The molecule has 0 unspecified atom stereocenters. The molecule has 14 heavy (non-hydrogen) atoms. The van der Waals surface area contributed by atoms with Gasteiger partial charge >= 0.3 is 0 Å². The highest BCUT2D eigenvalue weighted by Crippen LogP contribution is 2.05. The van der Waals surface area contributed by atoms with E-state index in [1.807, 2.05) is 6.92 Å². The monoisotopic (exact) mass is 214 g/mol. The van der Waals surface area contributed by atoms with E-state index in [0.29, 0.717) is 5.16 Å². The molecule has 4 nitrogen and oxygen atoms in total. The molecule has 1 aliphatic rings. The Morgan fingerprint density at radius 1 is 1.50 bits per heavy atom. The molecule has 0 aromatic carbocycles. The summed E-state index contributed by atoms with van der Waals surface area (Å²) in [6, 6.07) is 0. The van der Waals surface area contributed by atoms with E-state index in [-0.39, 0.29) is 0 Å². The quantitative estimate of drug-likeness (QED) is 0.424. The Morgan fingerprint density at radius 3 is 2.71 bits per heavy atom. The average Bonchev–Trinajstić information content (AvgIpc) is 2.19. The molecule has 0 amide bonds. The lowest BCUT2D eigenvalue weighted by atomic mass is 10.3. The molecule has 0 aliphatic carbocycles. The molecule has 0 saturated carbocycles. The fraction of sp³-hybridized carbons (Fsp3) is 0.556. The maximum atomic E-state index is 5.79. The molecule has 1 rings (SSSR count). The first-order valence-corrected chi connectivity index (χ1v) is 4.94. The van der Waals surface area contributed by atoms with E-state index in [2.05, 4.69) is 26.9 Å². The molecule has 1 aliphatic heterocycles. The standard InChI is InChI=1S/C9H15ClN4/c1-8(13-9(10)7-11-2)14-5-3-12-4-6-14/h7,12H,2-6H2,1H3/b9-7-,13-8?. The molecular weight excluding hydrogens is 200 g/mol. The van der Waals surface area contributed by atoms with Crippen molar-refractivity contribution in [2.45, 2.75) is 6.92 Å². The van der Waals surface area contributed by atoms with Gasteiger partial charge in [0.2, 0.25) is 0 Å². The van der Waals surface area contributed by atoms with Crippen molar-refractivity contribution < 1.29 is 0 Å². The van der Waals surface area contributed by atoms with Crippen LogP contribution < -0.4 is 5.32 Å². The van der Waals surface area contributed by atoms with Gasteiger partial charge in [0.1, 0.15) is 11.0 Å². The molecule has 5 heteroatoms. The number of amidine groups is 1. The normalized spacial score (nSPS) is 19.7. The Labute approximate surface area is 89.4 Å². The van der Waals surface area contributed by atoms with Crippen LogP contribution in [0.2, 0.25) is 0 Å². The third kappa shape index (κ3) is 3.47. The Bertz CT molecular complexity index is 254. The zero-order chi connectivity index (χ0) is 10.4. The average molecular weight is 215 g/mol. The van der Waals surface area contributed by atoms with Crippen LogP contribution in [0.4, 0.5) is 0 Å². The Morgan fingerprint density at radius 2 is 2.14 bits per heavy atom. The number of halogens is 1. The Balaban J connectivity index is 2.57. The van der Waals surface area contributed by atoms with Crippen LogP contribution in [0.5, 0.6) is 0 Å². The van der Waals surface area contributed by atoms with Crippen molar-refractivity contribution in [3.05, 3.63) is 11.4 Å². The number of aliphatic imine (C=N–C) groups is 2. The summed E-state index contributed by atoms with van der Waals surface area (Å²) in [5.41, 5.74) is 0. The fourth-order valence-corrected chi connectivity index (χ4v) is 1.51. The first-order chi connectivity index (χ1) is 6.74. The number of hydrogen-bond donors (Lipinski definition) is 1. The predicted molar refractivity (Wildman–Crippen MR) is 61.0 cm³/mol. The summed E-state index contributed by atoms with van der Waals surface area (Å²) in [6.45, 7) is 9.20. The summed E-state index contributed by atoms with van der Waals surface area (Å²) in [5, 5.41) is 3.65. The molecule has 1 saturated heterocycles. The van der Waals surface area contributed by atoms with E-state index in [4.69, 9.17) is 11.6 Å².